The van der Waals surface area contributed by atoms with Gasteiger partial charge in [-0.05, 0) is 97.3 Å². The number of aromatic nitrogens is 5. The molecule has 0 bridgehead atoms. The Morgan fingerprint density at radius 1 is 0.345 bits per heavy atom. The number of para-hydroxylation sites is 5. The van der Waals surface area contributed by atoms with Crippen LogP contribution in [0.5, 0.6) is 0 Å². The average Bonchev–Trinajstić information content (AvgIpc) is 4.00. The van der Waals surface area contributed by atoms with Crippen molar-refractivity contribution in [3.05, 3.63) is 193 Å². The Morgan fingerprint density at radius 2 is 0.793 bits per heavy atom. The number of allylic oxidation sites excluding steroid dienone is 1. The number of hydrogen-bond donors (Lipinski definition) is 0. The second-order valence-corrected chi connectivity index (χ2v) is 15.5. The molecule has 0 aliphatic heterocycles. The van der Waals surface area contributed by atoms with E-state index >= 15 is 0 Å². The molecular weight excluding hydrogens is 707 g/mol. The third kappa shape index (κ3) is 4.33. The van der Waals surface area contributed by atoms with Crippen LogP contribution in [0.1, 0.15) is 17.7 Å². The van der Waals surface area contributed by atoms with Gasteiger partial charge in [0.1, 0.15) is 11.6 Å². The molecule has 0 unspecified atom stereocenters. The fourth-order valence-corrected chi connectivity index (χ4v) is 10.0. The topological polar surface area (TPSA) is 32.6 Å². The highest BCUT2D eigenvalue weighted by Crippen LogP contribution is 2.41. The van der Waals surface area contributed by atoms with E-state index in [1.54, 1.807) is 0 Å². The summed E-state index contributed by atoms with van der Waals surface area (Å²) < 4.78 is 9.55. The van der Waals surface area contributed by atoms with Gasteiger partial charge >= 0.3 is 0 Å². The van der Waals surface area contributed by atoms with Crippen molar-refractivity contribution in [2.45, 2.75) is 12.8 Å². The van der Waals surface area contributed by atoms with Crippen molar-refractivity contribution < 1.29 is 0 Å². The summed E-state index contributed by atoms with van der Waals surface area (Å²) in [7, 11) is 0. The quantitative estimate of drug-likeness (QED) is 0.177. The molecule has 272 valence electrons. The standard InChI is InChI=1S/C53H35N5/c1-7-23-44-36(17-1)37-18-2-8-24-45(37)55(44)34-15-13-16-35(31-34)56-46-25-9-5-21-40(46)42-32-43-41-22-6-12-28-49(41)58(51(43)33-50(42)56)53-30-14-29-52(54-53)57-47-26-10-3-19-38(47)39-20-4-11-27-48(39)57/h1-3,5-19,21-33H,4,20H2. The van der Waals surface area contributed by atoms with Gasteiger partial charge in [-0.1, -0.05) is 109 Å². The van der Waals surface area contributed by atoms with Gasteiger partial charge in [0.25, 0.3) is 0 Å². The molecule has 5 heteroatoms. The zero-order valence-electron chi connectivity index (χ0n) is 31.5. The molecule has 5 heterocycles. The predicted molar refractivity (Wildman–Crippen MR) is 241 cm³/mol. The molecule has 1 aliphatic carbocycles. The zero-order valence-corrected chi connectivity index (χ0v) is 31.5. The lowest BCUT2D eigenvalue weighted by atomic mass is 10.0. The number of hydrogen-bond acceptors (Lipinski definition) is 1. The van der Waals surface area contributed by atoms with E-state index in [4.69, 9.17) is 4.98 Å². The maximum Gasteiger partial charge on any atom is 0.140 e. The van der Waals surface area contributed by atoms with Gasteiger partial charge in [0, 0.05) is 49.1 Å². The first kappa shape index (κ1) is 31.6. The number of benzene rings is 7. The third-order valence-corrected chi connectivity index (χ3v) is 12.4. The minimum absolute atomic E-state index is 0.894. The van der Waals surface area contributed by atoms with Crippen molar-refractivity contribution in [1.29, 1.82) is 0 Å². The minimum atomic E-state index is 0.894. The fourth-order valence-electron chi connectivity index (χ4n) is 10.0. The summed E-state index contributed by atoms with van der Waals surface area (Å²) in [5.41, 5.74) is 13.1. The fraction of sp³-hybridized carbons (Fsp3) is 0.0377. The molecule has 0 atom stereocenters. The van der Waals surface area contributed by atoms with Crippen LogP contribution in [0.2, 0.25) is 0 Å². The molecule has 5 aromatic heterocycles. The van der Waals surface area contributed by atoms with Crippen molar-refractivity contribution in [2.75, 3.05) is 0 Å². The van der Waals surface area contributed by atoms with Crippen LogP contribution in [0.25, 0.3) is 105 Å². The highest BCUT2D eigenvalue weighted by atomic mass is 15.1. The van der Waals surface area contributed by atoms with E-state index in [9.17, 15) is 0 Å². The smallest absolute Gasteiger partial charge is 0.140 e. The molecule has 12 aromatic rings. The molecule has 5 nitrogen and oxygen atoms in total. The van der Waals surface area contributed by atoms with E-state index in [2.05, 4.69) is 206 Å². The van der Waals surface area contributed by atoms with Crippen molar-refractivity contribution in [1.82, 2.24) is 23.3 Å². The van der Waals surface area contributed by atoms with Crippen LogP contribution in [0.4, 0.5) is 0 Å². The second-order valence-electron chi connectivity index (χ2n) is 15.5. The van der Waals surface area contributed by atoms with Crippen molar-refractivity contribution in [3.63, 3.8) is 0 Å². The van der Waals surface area contributed by atoms with Gasteiger partial charge in [-0.25, -0.2) is 4.98 Å². The Labute approximate surface area is 333 Å². The molecule has 7 aromatic carbocycles. The molecule has 0 saturated heterocycles. The maximum absolute atomic E-state index is 5.49. The summed E-state index contributed by atoms with van der Waals surface area (Å²) in [5.74, 6) is 1.81. The van der Waals surface area contributed by atoms with Crippen LogP contribution in [0, 0.1) is 0 Å². The normalized spacial score (nSPS) is 13.0. The van der Waals surface area contributed by atoms with Gasteiger partial charge in [-0.3, -0.25) is 9.13 Å². The van der Waals surface area contributed by atoms with Crippen molar-refractivity contribution in [3.8, 4) is 23.0 Å². The molecule has 0 radical (unpaired) electrons. The molecular formula is C53H35N5. The van der Waals surface area contributed by atoms with Gasteiger partial charge in [-0.15, -0.1) is 0 Å². The Hall–Kier alpha value is -7.63. The Balaban J connectivity index is 1.07. The van der Waals surface area contributed by atoms with E-state index in [-0.39, 0.29) is 0 Å². The molecule has 0 fully saturated rings. The summed E-state index contributed by atoms with van der Waals surface area (Å²) in [6, 6.07) is 64.0. The van der Waals surface area contributed by atoms with Gasteiger partial charge in [0.2, 0.25) is 0 Å². The van der Waals surface area contributed by atoms with Crippen LogP contribution in [-0.4, -0.2) is 23.3 Å². The first-order valence-corrected chi connectivity index (χ1v) is 20.1. The summed E-state index contributed by atoms with van der Waals surface area (Å²) in [6.07, 6.45) is 6.67. The lowest BCUT2D eigenvalue weighted by Gasteiger charge is -2.14. The number of fused-ring (bicyclic) bond motifs is 12. The van der Waals surface area contributed by atoms with Crippen LogP contribution in [-0.2, 0) is 6.42 Å². The molecule has 58 heavy (non-hydrogen) atoms. The summed E-state index contributed by atoms with van der Waals surface area (Å²) in [5, 5.41) is 8.71. The average molecular weight is 742 g/mol. The van der Waals surface area contributed by atoms with E-state index in [1.807, 2.05) is 0 Å². The Kier molecular flexibility index (Phi) is 6.50. The first-order chi connectivity index (χ1) is 28.8. The first-order valence-electron chi connectivity index (χ1n) is 20.1. The zero-order chi connectivity index (χ0) is 37.9. The summed E-state index contributed by atoms with van der Waals surface area (Å²) >= 11 is 0. The van der Waals surface area contributed by atoms with Gasteiger partial charge in [0.15, 0.2) is 0 Å². The number of pyridine rings is 1. The Bertz CT molecular complexity index is 3640. The largest absolute Gasteiger partial charge is 0.309 e. The van der Waals surface area contributed by atoms with Crippen LogP contribution >= 0.6 is 0 Å². The molecule has 0 amide bonds. The highest BCUT2D eigenvalue weighted by molar-refractivity contribution is 6.19. The monoisotopic (exact) mass is 741 g/mol. The van der Waals surface area contributed by atoms with E-state index < -0.39 is 0 Å². The van der Waals surface area contributed by atoms with Crippen LogP contribution in [0.3, 0.4) is 0 Å². The van der Waals surface area contributed by atoms with E-state index in [0.29, 0.717) is 0 Å². The van der Waals surface area contributed by atoms with Gasteiger partial charge in [0.05, 0.1) is 44.3 Å². The van der Waals surface area contributed by atoms with Crippen molar-refractivity contribution >= 4 is 82.4 Å². The maximum atomic E-state index is 5.49. The van der Waals surface area contributed by atoms with Crippen molar-refractivity contribution in [2.24, 2.45) is 0 Å². The highest BCUT2D eigenvalue weighted by Gasteiger charge is 2.22. The summed E-state index contributed by atoms with van der Waals surface area (Å²) in [6.45, 7) is 0. The molecule has 0 spiro atoms. The second kappa shape index (κ2) is 11.9. The number of nitrogens with zero attached hydrogens (tertiary/aromatic N) is 5. The SMILES string of the molecule is C1=Cc2c(c3ccccc3n2-c2cccc(-n3c4ccccc4c4cc5c6ccccc6n(-c6cccc(-n7c8ccccc8c8ccccc87)c6)c5cc43)n2)CC1. The van der Waals surface area contributed by atoms with Crippen LogP contribution < -0.4 is 0 Å². The molecule has 13 rings (SSSR count). The van der Waals surface area contributed by atoms with Gasteiger partial charge < -0.3 is 9.13 Å². The third-order valence-electron chi connectivity index (χ3n) is 12.4. The lowest BCUT2D eigenvalue weighted by molar-refractivity contribution is 0.941. The molecule has 0 N–H and O–H groups in total. The Morgan fingerprint density at radius 3 is 1.40 bits per heavy atom. The van der Waals surface area contributed by atoms with E-state index in [1.165, 1.54) is 71.0 Å². The number of rotatable bonds is 4. The lowest BCUT2D eigenvalue weighted by Crippen LogP contribution is -2.05. The molecule has 0 saturated carbocycles. The van der Waals surface area contributed by atoms with E-state index in [0.717, 1.165) is 52.4 Å². The predicted octanol–water partition coefficient (Wildman–Crippen LogP) is 13.3. The molecule has 1 aliphatic rings. The summed E-state index contributed by atoms with van der Waals surface area (Å²) in [4.78, 5) is 5.49. The number of aryl methyl sites for hydroxylation is 1. The minimum Gasteiger partial charge on any atom is -0.309 e. The van der Waals surface area contributed by atoms with Gasteiger partial charge in [-0.2, -0.15) is 0 Å². The van der Waals surface area contributed by atoms with Crippen LogP contribution in [0.15, 0.2) is 182 Å².